The fraction of sp³-hybridized carbons (Fsp3) is 0.385. The maximum Gasteiger partial charge on any atom is 0.325 e. The van der Waals surface area contributed by atoms with Crippen LogP contribution < -0.4 is 5.73 Å². The van der Waals surface area contributed by atoms with Gasteiger partial charge < -0.3 is 15.4 Å². The third-order valence-electron chi connectivity index (χ3n) is 2.55. The zero-order chi connectivity index (χ0) is 14.4. The number of esters is 1. The number of nitrogens with zero attached hydrogens (tertiary/aromatic N) is 1. The van der Waals surface area contributed by atoms with Crippen molar-refractivity contribution in [2.45, 2.75) is 13.3 Å². The fourth-order valence-corrected chi connectivity index (χ4v) is 1.82. The molecule has 0 aromatic heterocycles. The van der Waals surface area contributed by atoms with E-state index in [2.05, 4.69) is 4.74 Å². The molecule has 0 aliphatic heterocycles. The van der Waals surface area contributed by atoms with Gasteiger partial charge in [0.15, 0.2) is 0 Å². The largest absolute Gasteiger partial charge is 0.468 e. The van der Waals surface area contributed by atoms with Crippen molar-refractivity contribution >= 4 is 29.2 Å². The summed E-state index contributed by atoms with van der Waals surface area (Å²) in [5.74, 6) is -0.800. The lowest BCUT2D eigenvalue weighted by Crippen LogP contribution is -2.37. The van der Waals surface area contributed by atoms with E-state index in [-0.39, 0.29) is 12.5 Å². The van der Waals surface area contributed by atoms with Crippen LogP contribution in [0.5, 0.6) is 0 Å². The molecule has 6 heteroatoms. The van der Waals surface area contributed by atoms with E-state index in [0.717, 1.165) is 6.42 Å². The topological polar surface area (TPSA) is 72.6 Å². The molecule has 2 N–H and O–H groups in total. The van der Waals surface area contributed by atoms with Gasteiger partial charge in [0.1, 0.15) is 6.54 Å². The Morgan fingerprint density at radius 1 is 1.42 bits per heavy atom. The highest BCUT2D eigenvalue weighted by Gasteiger charge is 2.20. The fourth-order valence-electron chi connectivity index (χ4n) is 1.62. The molecule has 0 heterocycles. The van der Waals surface area contributed by atoms with E-state index < -0.39 is 5.97 Å². The SMILES string of the molecule is CCCN(CC(=O)OC)C(=O)c1cc(N)ccc1Cl. The van der Waals surface area contributed by atoms with Crippen LogP contribution in [0.4, 0.5) is 5.69 Å². The van der Waals surface area contributed by atoms with Crippen LogP contribution in [0.15, 0.2) is 18.2 Å². The van der Waals surface area contributed by atoms with Crippen LogP contribution in [0, 0.1) is 0 Å². The van der Waals surface area contributed by atoms with Gasteiger partial charge in [-0.05, 0) is 24.6 Å². The first-order chi connectivity index (χ1) is 8.99. The molecule has 0 bridgehead atoms. The van der Waals surface area contributed by atoms with E-state index in [0.29, 0.717) is 22.8 Å². The van der Waals surface area contributed by atoms with E-state index in [1.165, 1.54) is 18.1 Å². The van der Waals surface area contributed by atoms with E-state index in [1.807, 2.05) is 6.92 Å². The Morgan fingerprint density at radius 2 is 2.11 bits per heavy atom. The smallest absolute Gasteiger partial charge is 0.325 e. The number of methoxy groups -OCH3 is 1. The normalized spacial score (nSPS) is 10.1. The molecular weight excluding hydrogens is 268 g/mol. The molecule has 0 fully saturated rings. The van der Waals surface area contributed by atoms with Gasteiger partial charge in [-0.25, -0.2) is 0 Å². The molecule has 0 radical (unpaired) electrons. The molecule has 0 aliphatic rings. The molecular formula is C13H17ClN2O3. The monoisotopic (exact) mass is 284 g/mol. The number of ether oxygens (including phenoxy) is 1. The third kappa shape index (κ3) is 4.13. The maximum absolute atomic E-state index is 12.3. The molecule has 0 saturated carbocycles. The van der Waals surface area contributed by atoms with Crippen molar-refractivity contribution in [1.29, 1.82) is 0 Å². The van der Waals surface area contributed by atoms with Crippen molar-refractivity contribution < 1.29 is 14.3 Å². The predicted molar refractivity (Wildman–Crippen MR) is 74.1 cm³/mol. The van der Waals surface area contributed by atoms with Crippen LogP contribution in [0.25, 0.3) is 0 Å². The highest BCUT2D eigenvalue weighted by Crippen LogP contribution is 2.20. The minimum absolute atomic E-state index is 0.103. The second kappa shape index (κ2) is 6.99. The summed E-state index contributed by atoms with van der Waals surface area (Å²) in [5.41, 5.74) is 6.38. The summed E-state index contributed by atoms with van der Waals surface area (Å²) in [6.45, 7) is 2.26. The minimum atomic E-state index is -0.471. The number of benzene rings is 1. The van der Waals surface area contributed by atoms with Gasteiger partial charge in [0.25, 0.3) is 5.91 Å². The van der Waals surface area contributed by atoms with Crippen molar-refractivity contribution in [2.75, 3.05) is 25.9 Å². The highest BCUT2D eigenvalue weighted by molar-refractivity contribution is 6.34. The van der Waals surface area contributed by atoms with Gasteiger partial charge in [-0.1, -0.05) is 18.5 Å². The highest BCUT2D eigenvalue weighted by atomic mass is 35.5. The standard InChI is InChI=1S/C13H17ClN2O3/c1-3-6-16(8-12(17)19-2)13(18)10-7-9(15)4-5-11(10)14/h4-5,7H,3,6,8,15H2,1-2H3. The summed E-state index contributed by atoms with van der Waals surface area (Å²) in [7, 11) is 1.28. The number of rotatable bonds is 5. The van der Waals surface area contributed by atoms with Gasteiger partial charge >= 0.3 is 5.97 Å². The minimum Gasteiger partial charge on any atom is -0.468 e. The number of amides is 1. The van der Waals surface area contributed by atoms with Crippen molar-refractivity contribution in [1.82, 2.24) is 4.90 Å². The first-order valence-electron chi connectivity index (χ1n) is 5.90. The van der Waals surface area contributed by atoms with Gasteiger partial charge in [-0.15, -0.1) is 0 Å². The summed E-state index contributed by atoms with van der Waals surface area (Å²) >= 11 is 5.99. The van der Waals surface area contributed by atoms with Crippen LogP contribution in [0.2, 0.25) is 5.02 Å². The van der Waals surface area contributed by atoms with Crippen molar-refractivity contribution in [2.24, 2.45) is 0 Å². The maximum atomic E-state index is 12.3. The second-order valence-electron chi connectivity index (χ2n) is 4.04. The predicted octanol–water partition coefficient (Wildman–Crippen LogP) is 1.95. The van der Waals surface area contributed by atoms with Crippen LogP contribution in [0.1, 0.15) is 23.7 Å². The Morgan fingerprint density at radius 3 is 2.68 bits per heavy atom. The molecule has 19 heavy (non-hydrogen) atoms. The lowest BCUT2D eigenvalue weighted by Gasteiger charge is -2.21. The van der Waals surface area contributed by atoms with Crippen LogP contribution >= 0.6 is 11.6 Å². The average molecular weight is 285 g/mol. The molecule has 1 aromatic rings. The number of halogens is 1. The lowest BCUT2D eigenvalue weighted by molar-refractivity contribution is -0.141. The number of hydrogen-bond donors (Lipinski definition) is 1. The van der Waals surface area contributed by atoms with Crippen LogP contribution in [0.3, 0.4) is 0 Å². The molecule has 0 saturated heterocycles. The number of carbonyl (C=O) groups excluding carboxylic acids is 2. The van der Waals surface area contributed by atoms with Crippen molar-refractivity contribution in [3.05, 3.63) is 28.8 Å². The zero-order valence-corrected chi connectivity index (χ0v) is 11.7. The van der Waals surface area contributed by atoms with Gasteiger partial charge in [-0.2, -0.15) is 0 Å². The van der Waals surface area contributed by atoms with Crippen molar-refractivity contribution in [3.63, 3.8) is 0 Å². The van der Waals surface area contributed by atoms with Crippen LogP contribution in [-0.2, 0) is 9.53 Å². The van der Waals surface area contributed by atoms with E-state index in [4.69, 9.17) is 17.3 Å². The number of carbonyl (C=O) groups is 2. The number of nitrogen functional groups attached to an aromatic ring is 1. The summed E-state index contributed by atoms with van der Waals surface area (Å²) in [4.78, 5) is 25.0. The van der Waals surface area contributed by atoms with Crippen molar-refractivity contribution in [3.8, 4) is 0 Å². The number of anilines is 1. The Kier molecular flexibility index (Phi) is 5.63. The second-order valence-corrected chi connectivity index (χ2v) is 4.45. The molecule has 0 spiro atoms. The molecule has 1 amide bonds. The first kappa shape index (κ1) is 15.3. The van der Waals surface area contributed by atoms with E-state index >= 15 is 0 Å². The summed E-state index contributed by atoms with van der Waals surface area (Å²) in [6, 6.07) is 4.68. The summed E-state index contributed by atoms with van der Waals surface area (Å²) < 4.78 is 4.58. The molecule has 1 aromatic carbocycles. The Bertz CT molecular complexity index is 477. The Balaban J connectivity index is 2.98. The van der Waals surface area contributed by atoms with Gasteiger partial charge in [0.2, 0.25) is 0 Å². The van der Waals surface area contributed by atoms with Crippen LogP contribution in [-0.4, -0.2) is 37.0 Å². The summed E-state index contributed by atoms with van der Waals surface area (Å²) in [5, 5.41) is 0.310. The lowest BCUT2D eigenvalue weighted by atomic mass is 10.1. The summed E-state index contributed by atoms with van der Waals surface area (Å²) in [6.07, 6.45) is 0.725. The van der Waals surface area contributed by atoms with Gasteiger partial charge in [0.05, 0.1) is 17.7 Å². The van der Waals surface area contributed by atoms with Gasteiger partial charge in [0, 0.05) is 12.2 Å². The third-order valence-corrected chi connectivity index (χ3v) is 2.88. The quantitative estimate of drug-likeness (QED) is 0.662. The molecule has 0 atom stereocenters. The average Bonchev–Trinajstić information content (AvgIpc) is 2.40. The number of nitrogens with two attached hydrogens (primary N) is 1. The Hall–Kier alpha value is -1.75. The molecule has 5 nitrogen and oxygen atoms in total. The molecule has 104 valence electrons. The zero-order valence-electron chi connectivity index (χ0n) is 11.0. The first-order valence-corrected chi connectivity index (χ1v) is 6.28. The van der Waals surface area contributed by atoms with E-state index in [1.54, 1.807) is 12.1 Å². The number of hydrogen-bond acceptors (Lipinski definition) is 4. The molecule has 1 rings (SSSR count). The van der Waals surface area contributed by atoms with E-state index in [9.17, 15) is 9.59 Å². The Labute approximate surface area is 117 Å². The van der Waals surface area contributed by atoms with Gasteiger partial charge in [-0.3, -0.25) is 9.59 Å². The molecule has 0 unspecified atom stereocenters. The molecule has 0 aliphatic carbocycles.